The number of benzene rings is 2. The van der Waals surface area contributed by atoms with Crippen molar-refractivity contribution in [3.8, 4) is 22.9 Å². The summed E-state index contributed by atoms with van der Waals surface area (Å²) in [5.74, 6) is -3.23. The van der Waals surface area contributed by atoms with E-state index in [1.54, 1.807) is 6.07 Å². The van der Waals surface area contributed by atoms with Gasteiger partial charge in [0.15, 0.2) is 0 Å². The van der Waals surface area contributed by atoms with Gasteiger partial charge < -0.3 is 9.52 Å². The molecule has 0 amide bonds. The third-order valence-corrected chi connectivity index (χ3v) is 3.50. The molecule has 0 radical (unpaired) electrons. The van der Waals surface area contributed by atoms with E-state index in [1.807, 2.05) is 0 Å². The predicted molar refractivity (Wildman–Crippen MR) is 79.3 cm³/mol. The van der Waals surface area contributed by atoms with Crippen molar-refractivity contribution < 1.29 is 27.1 Å². The molecule has 1 aromatic heterocycles. The summed E-state index contributed by atoms with van der Waals surface area (Å²) < 4.78 is 59.0. The number of aromatic hydroxyl groups is 1. The van der Waals surface area contributed by atoms with Crippen molar-refractivity contribution in [1.82, 2.24) is 0 Å². The van der Waals surface area contributed by atoms with Crippen LogP contribution in [0.4, 0.5) is 17.6 Å². The highest BCUT2D eigenvalue weighted by Gasteiger charge is 2.40. The maximum atomic E-state index is 14.2. The van der Waals surface area contributed by atoms with E-state index < -0.39 is 39.9 Å². The molecule has 1 heterocycles. The van der Waals surface area contributed by atoms with Gasteiger partial charge in [0, 0.05) is 11.6 Å². The molecule has 3 rings (SSSR count). The molecule has 0 saturated heterocycles. The Labute approximate surface area is 137 Å². The first-order valence-electron chi connectivity index (χ1n) is 6.79. The lowest BCUT2D eigenvalue weighted by Gasteiger charge is -2.13. The van der Waals surface area contributed by atoms with E-state index in [2.05, 4.69) is 0 Å². The Morgan fingerprint density at radius 3 is 2.44 bits per heavy atom. The largest absolute Gasteiger partial charge is 0.508 e. The van der Waals surface area contributed by atoms with Crippen LogP contribution in [0.25, 0.3) is 22.1 Å². The highest BCUT2D eigenvalue weighted by molar-refractivity contribution is 5.84. The zero-order valence-electron chi connectivity index (χ0n) is 12.2. The molecule has 2 aromatic carbocycles. The van der Waals surface area contributed by atoms with Crippen LogP contribution in [0, 0.1) is 17.1 Å². The van der Waals surface area contributed by atoms with Crippen molar-refractivity contribution in [1.29, 1.82) is 5.26 Å². The average molecular weight is 349 g/mol. The summed E-state index contributed by atoms with van der Waals surface area (Å²) in [7, 11) is 0. The molecule has 1 N–H and O–H groups in total. The van der Waals surface area contributed by atoms with Crippen LogP contribution in [-0.2, 0) is 6.18 Å². The van der Waals surface area contributed by atoms with Gasteiger partial charge in [0.05, 0.1) is 22.6 Å². The van der Waals surface area contributed by atoms with Crippen LogP contribution in [0.2, 0.25) is 0 Å². The fourth-order valence-corrected chi connectivity index (χ4v) is 2.41. The fourth-order valence-electron chi connectivity index (χ4n) is 2.41. The van der Waals surface area contributed by atoms with Gasteiger partial charge in [-0.05, 0) is 30.3 Å². The molecule has 0 unspecified atom stereocenters. The van der Waals surface area contributed by atoms with Crippen molar-refractivity contribution in [2.75, 3.05) is 0 Å². The van der Waals surface area contributed by atoms with Gasteiger partial charge >= 0.3 is 6.18 Å². The number of halogens is 4. The molecule has 3 aromatic rings. The zero-order chi connectivity index (χ0) is 18.4. The predicted octanol–water partition coefficient (Wildman–Crippen LogP) is 4.20. The van der Waals surface area contributed by atoms with Gasteiger partial charge in [-0.2, -0.15) is 18.4 Å². The molecule has 0 fully saturated rings. The number of phenolic OH excluding ortho intramolecular Hbond substituents is 1. The summed E-state index contributed by atoms with van der Waals surface area (Å²) in [6.45, 7) is 0. The summed E-state index contributed by atoms with van der Waals surface area (Å²) in [6.07, 6.45) is -5.07. The summed E-state index contributed by atoms with van der Waals surface area (Å²) >= 11 is 0. The van der Waals surface area contributed by atoms with Crippen LogP contribution >= 0.6 is 0 Å². The molecule has 0 atom stereocenters. The first kappa shape index (κ1) is 16.5. The van der Waals surface area contributed by atoms with E-state index in [-0.39, 0.29) is 16.7 Å². The molecule has 0 saturated carbocycles. The topological polar surface area (TPSA) is 74.2 Å². The van der Waals surface area contributed by atoms with Gasteiger partial charge in [0.2, 0.25) is 11.2 Å². The van der Waals surface area contributed by atoms with Crippen LogP contribution in [0.15, 0.2) is 45.6 Å². The minimum atomic E-state index is -5.07. The smallest absolute Gasteiger partial charge is 0.450 e. The lowest BCUT2D eigenvalue weighted by Crippen LogP contribution is -2.16. The van der Waals surface area contributed by atoms with Gasteiger partial charge in [-0.15, -0.1) is 0 Å². The quantitative estimate of drug-likeness (QED) is 0.669. The van der Waals surface area contributed by atoms with Crippen molar-refractivity contribution >= 4 is 11.0 Å². The van der Waals surface area contributed by atoms with E-state index in [0.717, 1.165) is 36.4 Å². The molecule has 0 aliphatic heterocycles. The zero-order valence-corrected chi connectivity index (χ0v) is 12.2. The van der Waals surface area contributed by atoms with E-state index in [1.165, 1.54) is 0 Å². The second-order valence-corrected chi connectivity index (χ2v) is 5.12. The van der Waals surface area contributed by atoms with Gasteiger partial charge in [-0.3, -0.25) is 4.79 Å². The summed E-state index contributed by atoms with van der Waals surface area (Å²) in [5, 5.41) is 17.9. The molecule has 0 spiro atoms. The van der Waals surface area contributed by atoms with Gasteiger partial charge in [-0.25, -0.2) is 4.39 Å². The Bertz CT molecular complexity index is 1090. The molecular weight excluding hydrogens is 342 g/mol. The lowest BCUT2D eigenvalue weighted by atomic mass is 10.00. The number of rotatable bonds is 1. The molecule has 0 bridgehead atoms. The van der Waals surface area contributed by atoms with E-state index in [9.17, 15) is 27.5 Å². The Morgan fingerprint density at radius 1 is 1.12 bits per heavy atom. The first-order chi connectivity index (χ1) is 11.7. The maximum Gasteiger partial charge on any atom is 0.450 e. The van der Waals surface area contributed by atoms with Crippen molar-refractivity contribution in [3.63, 3.8) is 0 Å². The molecule has 8 heteroatoms. The third kappa shape index (κ3) is 2.80. The monoisotopic (exact) mass is 349 g/mol. The Morgan fingerprint density at radius 2 is 1.84 bits per heavy atom. The maximum absolute atomic E-state index is 14.2. The Kier molecular flexibility index (Phi) is 3.72. The van der Waals surface area contributed by atoms with Crippen LogP contribution < -0.4 is 5.43 Å². The average Bonchev–Trinajstić information content (AvgIpc) is 2.54. The van der Waals surface area contributed by atoms with Gasteiger partial charge in [-0.1, -0.05) is 0 Å². The van der Waals surface area contributed by atoms with Crippen molar-refractivity contribution in [2.24, 2.45) is 0 Å². The second kappa shape index (κ2) is 5.63. The number of nitrogens with zero attached hydrogens (tertiary/aromatic N) is 1. The SMILES string of the molecule is N#Cc1ccc(-c2c(C(F)(F)F)oc3cc(O)ccc3c2=O)c(F)c1. The molecular formula is C17H7F4NO3. The van der Waals surface area contributed by atoms with E-state index >= 15 is 0 Å². The Balaban J connectivity index is 2.45. The summed E-state index contributed by atoms with van der Waals surface area (Å²) in [6, 6.07) is 7.45. The second-order valence-electron chi connectivity index (χ2n) is 5.12. The molecule has 0 aliphatic rings. The summed E-state index contributed by atoms with van der Waals surface area (Å²) in [4.78, 5) is 12.5. The highest BCUT2D eigenvalue weighted by atomic mass is 19.4. The number of alkyl halides is 3. The van der Waals surface area contributed by atoms with Gasteiger partial charge in [0.1, 0.15) is 17.1 Å². The lowest BCUT2D eigenvalue weighted by molar-refractivity contribution is -0.152. The van der Waals surface area contributed by atoms with Crippen molar-refractivity contribution in [3.05, 3.63) is 63.8 Å². The van der Waals surface area contributed by atoms with Crippen LogP contribution in [0.5, 0.6) is 5.75 Å². The van der Waals surface area contributed by atoms with E-state index in [0.29, 0.717) is 0 Å². The van der Waals surface area contributed by atoms with Crippen LogP contribution in [0.3, 0.4) is 0 Å². The summed E-state index contributed by atoms with van der Waals surface area (Å²) in [5.41, 5.74) is -3.31. The minimum Gasteiger partial charge on any atom is -0.508 e. The number of phenols is 1. The van der Waals surface area contributed by atoms with Gasteiger partial charge in [0.25, 0.3) is 0 Å². The fraction of sp³-hybridized carbons (Fsp3) is 0.0588. The highest BCUT2D eigenvalue weighted by Crippen LogP contribution is 2.38. The number of nitriles is 1. The molecule has 25 heavy (non-hydrogen) atoms. The Hall–Kier alpha value is -3.34. The third-order valence-electron chi connectivity index (χ3n) is 3.50. The number of fused-ring (bicyclic) bond motifs is 1. The minimum absolute atomic E-state index is 0.107. The molecule has 4 nitrogen and oxygen atoms in total. The standard InChI is InChI=1S/C17H7F4NO3/c18-12-5-8(7-22)1-3-10(12)14-15(24)11-4-2-9(23)6-13(11)25-16(14)17(19,20)21/h1-6,23H. The van der Waals surface area contributed by atoms with Crippen LogP contribution in [-0.4, -0.2) is 5.11 Å². The van der Waals surface area contributed by atoms with Crippen LogP contribution in [0.1, 0.15) is 11.3 Å². The first-order valence-corrected chi connectivity index (χ1v) is 6.79. The number of hydrogen-bond acceptors (Lipinski definition) is 4. The van der Waals surface area contributed by atoms with E-state index in [4.69, 9.17) is 9.68 Å². The molecule has 0 aliphatic carbocycles. The molecule has 126 valence electrons. The normalized spacial score (nSPS) is 11.5. The van der Waals surface area contributed by atoms with Crippen molar-refractivity contribution in [2.45, 2.75) is 6.18 Å². The number of hydrogen-bond donors (Lipinski definition) is 1.